The van der Waals surface area contributed by atoms with Gasteiger partial charge in [-0.15, -0.1) is 0 Å². The number of rotatable bonds is 3. The summed E-state index contributed by atoms with van der Waals surface area (Å²) in [7, 11) is 0. The van der Waals surface area contributed by atoms with Gasteiger partial charge in [0.2, 0.25) is 5.91 Å². The van der Waals surface area contributed by atoms with Gasteiger partial charge >= 0.3 is 0 Å². The molecule has 0 aromatic heterocycles. The van der Waals surface area contributed by atoms with Crippen LogP contribution < -0.4 is 5.32 Å². The summed E-state index contributed by atoms with van der Waals surface area (Å²) >= 11 is 0. The van der Waals surface area contributed by atoms with Gasteiger partial charge in [-0.1, -0.05) is 26.2 Å². The van der Waals surface area contributed by atoms with Crippen molar-refractivity contribution in [2.75, 3.05) is 0 Å². The van der Waals surface area contributed by atoms with E-state index in [4.69, 9.17) is 5.26 Å². The van der Waals surface area contributed by atoms with Crippen LogP contribution in [0.1, 0.15) is 46.0 Å². The maximum atomic E-state index is 11.5. The van der Waals surface area contributed by atoms with Gasteiger partial charge in [0.15, 0.2) is 0 Å². The van der Waals surface area contributed by atoms with Gasteiger partial charge in [-0.3, -0.25) is 4.79 Å². The minimum absolute atomic E-state index is 0.112. The van der Waals surface area contributed by atoms with E-state index >= 15 is 0 Å². The first kappa shape index (κ1) is 12.0. The molecule has 0 bridgehead atoms. The fraction of sp³-hybridized carbons (Fsp3) is 0.833. The van der Waals surface area contributed by atoms with Gasteiger partial charge in [0.1, 0.15) is 5.92 Å². The first-order valence-corrected chi connectivity index (χ1v) is 5.87. The molecule has 0 aromatic rings. The number of nitrogens with one attached hydrogen (secondary N) is 1. The summed E-state index contributed by atoms with van der Waals surface area (Å²) < 4.78 is 0. The lowest BCUT2D eigenvalue weighted by Crippen LogP contribution is -2.40. The van der Waals surface area contributed by atoms with E-state index in [1.807, 2.05) is 6.07 Å². The predicted octanol–water partition coefficient (Wildman–Crippen LogP) is 2.23. The lowest BCUT2D eigenvalue weighted by Gasteiger charge is -2.29. The second-order valence-electron chi connectivity index (χ2n) is 4.50. The quantitative estimate of drug-likeness (QED) is 0.773. The van der Waals surface area contributed by atoms with Gasteiger partial charge < -0.3 is 5.32 Å². The van der Waals surface area contributed by atoms with Crippen LogP contribution >= 0.6 is 0 Å². The van der Waals surface area contributed by atoms with Gasteiger partial charge in [-0.2, -0.15) is 5.26 Å². The molecule has 3 nitrogen and oxygen atoms in total. The molecule has 1 saturated carbocycles. The number of amides is 1. The number of nitriles is 1. The van der Waals surface area contributed by atoms with Crippen molar-refractivity contribution >= 4 is 5.91 Å². The Morgan fingerprint density at radius 1 is 1.60 bits per heavy atom. The molecule has 1 amide bonds. The summed E-state index contributed by atoms with van der Waals surface area (Å²) in [6.45, 7) is 3.85. The third-order valence-electron chi connectivity index (χ3n) is 3.29. The zero-order valence-electron chi connectivity index (χ0n) is 9.62. The Labute approximate surface area is 91.9 Å². The van der Waals surface area contributed by atoms with Gasteiger partial charge in [-0.25, -0.2) is 0 Å². The molecule has 0 saturated heterocycles. The highest BCUT2D eigenvalue weighted by Crippen LogP contribution is 2.26. The van der Waals surface area contributed by atoms with Gasteiger partial charge in [0.05, 0.1) is 6.07 Å². The smallest absolute Gasteiger partial charge is 0.237 e. The van der Waals surface area contributed by atoms with Crippen molar-refractivity contribution in [3.05, 3.63) is 0 Å². The third kappa shape index (κ3) is 3.54. The summed E-state index contributed by atoms with van der Waals surface area (Å²) in [6.07, 6.45) is 5.84. The van der Waals surface area contributed by atoms with Crippen LogP contribution in [0.25, 0.3) is 0 Å². The van der Waals surface area contributed by atoms with Crippen molar-refractivity contribution in [1.82, 2.24) is 5.32 Å². The van der Waals surface area contributed by atoms with Gasteiger partial charge in [0.25, 0.3) is 0 Å². The number of carbonyl (C=O) groups is 1. The molecule has 0 heterocycles. The molecule has 84 valence electrons. The first-order valence-electron chi connectivity index (χ1n) is 5.87. The van der Waals surface area contributed by atoms with E-state index in [9.17, 15) is 4.79 Å². The predicted molar refractivity (Wildman–Crippen MR) is 59.0 cm³/mol. The maximum Gasteiger partial charge on any atom is 0.237 e. The van der Waals surface area contributed by atoms with E-state index in [2.05, 4.69) is 12.2 Å². The summed E-state index contributed by atoms with van der Waals surface area (Å²) in [5.74, 6) is 0.118. The van der Waals surface area contributed by atoms with E-state index in [1.54, 1.807) is 6.92 Å². The van der Waals surface area contributed by atoms with Crippen molar-refractivity contribution in [1.29, 1.82) is 5.26 Å². The molecule has 3 heteroatoms. The van der Waals surface area contributed by atoms with E-state index in [-0.39, 0.29) is 5.91 Å². The molecule has 0 aliphatic heterocycles. The summed E-state index contributed by atoms with van der Waals surface area (Å²) in [5.41, 5.74) is 0. The zero-order valence-corrected chi connectivity index (χ0v) is 9.62. The van der Waals surface area contributed by atoms with Crippen molar-refractivity contribution in [3.63, 3.8) is 0 Å². The molecular formula is C12H20N2O. The van der Waals surface area contributed by atoms with E-state index in [1.165, 1.54) is 19.3 Å². The van der Waals surface area contributed by atoms with E-state index < -0.39 is 5.92 Å². The Morgan fingerprint density at radius 2 is 2.33 bits per heavy atom. The van der Waals surface area contributed by atoms with Crippen LogP contribution in [0.5, 0.6) is 0 Å². The fourth-order valence-corrected chi connectivity index (χ4v) is 2.18. The summed E-state index contributed by atoms with van der Waals surface area (Å²) in [5, 5.41) is 11.6. The number of nitrogens with zero attached hydrogens (tertiary/aromatic N) is 1. The minimum Gasteiger partial charge on any atom is -0.352 e. The van der Waals surface area contributed by atoms with E-state index in [0.29, 0.717) is 6.04 Å². The first-order chi connectivity index (χ1) is 7.17. The van der Waals surface area contributed by atoms with E-state index in [0.717, 1.165) is 18.8 Å². The van der Waals surface area contributed by atoms with Crippen LogP contribution in [0.15, 0.2) is 0 Å². The largest absolute Gasteiger partial charge is 0.352 e. The standard InChI is InChI=1S/C12H20N2O/c1-3-10-5-4-6-11(7-10)14-12(15)9(2)8-13/h9-11H,3-7H2,1-2H3,(H,14,15). The molecule has 15 heavy (non-hydrogen) atoms. The maximum absolute atomic E-state index is 11.5. The van der Waals surface area contributed by atoms with Gasteiger partial charge in [-0.05, 0) is 25.7 Å². The molecular weight excluding hydrogens is 188 g/mol. The lowest BCUT2D eigenvalue weighted by atomic mass is 9.84. The highest BCUT2D eigenvalue weighted by molar-refractivity contribution is 5.80. The molecule has 1 rings (SSSR count). The molecule has 1 fully saturated rings. The summed E-state index contributed by atoms with van der Waals surface area (Å²) in [4.78, 5) is 11.5. The molecule has 0 aromatic carbocycles. The van der Waals surface area contributed by atoms with Crippen LogP contribution in [0.3, 0.4) is 0 Å². The average Bonchev–Trinajstić information content (AvgIpc) is 2.28. The van der Waals surface area contributed by atoms with Crippen molar-refractivity contribution < 1.29 is 4.79 Å². The fourth-order valence-electron chi connectivity index (χ4n) is 2.18. The van der Waals surface area contributed by atoms with Crippen LogP contribution in [0, 0.1) is 23.2 Å². The molecule has 1 aliphatic carbocycles. The molecule has 3 unspecified atom stereocenters. The Balaban J connectivity index is 2.38. The monoisotopic (exact) mass is 208 g/mol. The number of carbonyl (C=O) groups excluding carboxylic acids is 1. The molecule has 3 atom stereocenters. The van der Waals surface area contributed by atoms with Crippen molar-refractivity contribution in [3.8, 4) is 6.07 Å². The van der Waals surface area contributed by atoms with Gasteiger partial charge in [0, 0.05) is 6.04 Å². The third-order valence-corrected chi connectivity index (χ3v) is 3.29. The number of hydrogen-bond donors (Lipinski definition) is 1. The van der Waals surface area contributed by atoms with Crippen LogP contribution in [0.4, 0.5) is 0 Å². The second-order valence-corrected chi connectivity index (χ2v) is 4.50. The Hall–Kier alpha value is -1.04. The Morgan fingerprint density at radius 3 is 2.93 bits per heavy atom. The van der Waals surface area contributed by atoms with Crippen molar-refractivity contribution in [2.45, 2.75) is 52.0 Å². The second kappa shape index (κ2) is 5.75. The Bertz CT molecular complexity index is 257. The topological polar surface area (TPSA) is 52.9 Å². The molecule has 0 spiro atoms. The normalized spacial score (nSPS) is 27.8. The average molecular weight is 208 g/mol. The SMILES string of the molecule is CCC1CCCC(NC(=O)C(C)C#N)C1. The lowest BCUT2D eigenvalue weighted by molar-refractivity contribution is -0.124. The number of hydrogen-bond acceptors (Lipinski definition) is 2. The van der Waals surface area contributed by atoms with Crippen molar-refractivity contribution in [2.24, 2.45) is 11.8 Å². The summed E-state index contributed by atoms with van der Waals surface area (Å²) in [6, 6.07) is 2.27. The van der Waals surface area contributed by atoms with Crippen LogP contribution in [-0.2, 0) is 4.79 Å². The zero-order chi connectivity index (χ0) is 11.3. The highest BCUT2D eigenvalue weighted by atomic mass is 16.1. The van der Waals surface area contributed by atoms with Crippen LogP contribution in [0.2, 0.25) is 0 Å². The minimum atomic E-state index is -0.521. The van der Waals surface area contributed by atoms with Crippen LogP contribution in [-0.4, -0.2) is 11.9 Å². The molecule has 1 N–H and O–H groups in total. The Kier molecular flexibility index (Phi) is 4.61. The highest BCUT2D eigenvalue weighted by Gasteiger charge is 2.23. The molecule has 0 radical (unpaired) electrons. The molecule has 1 aliphatic rings.